The van der Waals surface area contributed by atoms with Gasteiger partial charge >= 0.3 is 5.97 Å². The van der Waals surface area contributed by atoms with E-state index in [-0.39, 0.29) is 0 Å². The van der Waals surface area contributed by atoms with E-state index in [0.29, 0.717) is 21.3 Å². The second-order valence-electron chi connectivity index (χ2n) is 2.92. The van der Waals surface area contributed by atoms with Gasteiger partial charge in [-0.05, 0) is 25.1 Å². The molecule has 80 valence electrons. The van der Waals surface area contributed by atoms with Gasteiger partial charge in [-0.1, -0.05) is 28.4 Å². The summed E-state index contributed by atoms with van der Waals surface area (Å²) in [6.45, 7) is 2.98. The van der Waals surface area contributed by atoms with Crippen molar-refractivity contribution in [1.29, 1.82) is 0 Å². The highest BCUT2D eigenvalue weighted by atomic mass is 35.5. The molecule has 0 saturated heterocycles. The fourth-order valence-electron chi connectivity index (χ4n) is 0.948. The number of hydrogen-bond donors (Lipinski definition) is 0. The van der Waals surface area contributed by atoms with Crippen molar-refractivity contribution >= 4 is 34.9 Å². The first-order valence-corrected chi connectivity index (χ1v) is 4.93. The highest BCUT2D eigenvalue weighted by Gasteiger charge is 2.02. The van der Waals surface area contributed by atoms with E-state index in [2.05, 4.69) is 9.99 Å². The van der Waals surface area contributed by atoms with Crippen molar-refractivity contribution in [3.63, 3.8) is 0 Å². The molecule has 0 amide bonds. The minimum Gasteiger partial charge on any atom is -0.318 e. The molecule has 0 N–H and O–H groups in total. The van der Waals surface area contributed by atoms with Gasteiger partial charge in [-0.15, -0.1) is 0 Å². The highest BCUT2D eigenvalue weighted by molar-refractivity contribution is 6.35. The summed E-state index contributed by atoms with van der Waals surface area (Å²) >= 11 is 11.6. The smallest absolute Gasteiger partial charge is 0.318 e. The van der Waals surface area contributed by atoms with Crippen LogP contribution in [0.15, 0.2) is 23.4 Å². The Hall–Kier alpha value is -1.06. The molecule has 0 unspecified atom stereocenters. The van der Waals surface area contributed by atoms with Crippen LogP contribution < -0.4 is 0 Å². The lowest BCUT2D eigenvalue weighted by molar-refractivity contribution is -0.140. The van der Waals surface area contributed by atoms with Gasteiger partial charge in [-0.25, -0.2) is 4.79 Å². The third-order valence-electron chi connectivity index (χ3n) is 1.59. The quantitative estimate of drug-likeness (QED) is 0.456. The average molecular weight is 246 g/mol. The van der Waals surface area contributed by atoms with E-state index in [4.69, 9.17) is 23.2 Å². The number of carbonyl (C=O) groups is 1. The molecular formula is C10H9Cl2NO2. The maximum atomic E-state index is 10.5. The van der Waals surface area contributed by atoms with Gasteiger partial charge < -0.3 is 4.84 Å². The van der Waals surface area contributed by atoms with Crippen LogP contribution in [0.2, 0.25) is 10.0 Å². The van der Waals surface area contributed by atoms with Crippen molar-refractivity contribution in [2.24, 2.45) is 5.16 Å². The van der Waals surface area contributed by atoms with Crippen molar-refractivity contribution in [2.45, 2.75) is 13.8 Å². The summed E-state index contributed by atoms with van der Waals surface area (Å²) in [4.78, 5) is 15.0. The van der Waals surface area contributed by atoms with Crippen LogP contribution in [0.3, 0.4) is 0 Å². The molecule has 0 heterocycles. The number of nitrogens with zero attached hydrogens (tertiary/aromatic N) is 1. The van der Waals surface area contributed by atoms with Gasteiger partial charge in [0.05, 0.1) is 5.71 Å². The van der Waals surface area contributed by atoms with Crippen LogP contribution in [0, 0.1) is 0 Å². The summed E-state index contributed by atoms with van der Waals surface area (Å²) in [5.74, 6) is -0.470. The first kappa shape index (κ1) is 12.0. The first-order chi connectivity index (χ1) is 6.99. The molecule has 0 bridgehead atoms. The summed E-state index contributed by atoms with van der Waals surface area (Å²) in [7, 11) is 0. The third kappa shape index (κ3) is 3.90. The Morgan fingerprint density at radius 2 is 1.73 bits per heavy atom. The topological polar surface area (TPSA) is 38.7 Å². The molecule has 1 aromatic carbocycles. The van der Waals surface area contributed by atoms with E-state index in [1.165, 1.54) is 6.92 Å². The van der Waals surface area contributed by atoms with Crippen LogP contribution in [0.5, 0.6) is 0 Å². The molecule has 1 aromatic rings. The molecule has 15 heavy (non-hydrogen) atoms. The maximum Gasteiger partial charge on any atom is 0.331 e. The lowest BCUT2D eigenvalue weighted by Gasteiger charge is -2.01. The van der Waals surface area contributed by atoms with Crippen LogP contribution in [-0.4, -0.2) is 11.7 Å². The van der Waals surface area contributed by atoms with Crippen LogP contribution in [0.1, 0.15) is 19.4 Å². The summed E-state index contributed by atoms with van der Waals surface area (Å²) in [6, 6.07) is 5.00. The third-order valence-corrected chi connectivity index (χ3v) is 2.03. The van der Waals surface area contributed by atoms with Gasteiger partial charge in [0.2, 0.25) is 0 Å². The predicted molar refractivity (Wildman–Crippen MR) is 60.4 cm³/mol. The molecule has 3 nitrogen and oxygen atoms in total. The summed E-state index contributed by atoms with van der Waals surface area (Å²) in [5.41, 5.74) is 1.25. The molecule has 0 aliphatic carbocycles. The molecule has 1 rings (SSSR count). The number of benzene rings is 1. The van der Waals surface area contributed by atoms with Crippen LogP contribution in [0.4, 0.5) is 0 Å². The molecule has 0 aromatic heterocycles. The van der Waals surface area contributed by atoms with E-state index < -0.39 is 5.97 Å². The standard InChI is InChI=1S/C10H9Cl2NO2/c1-6(13-15-7(2)14)8-3-9(11)5-10(12)4-8/h3-5H,1-2H3. The van der Waals surface area contributed by atoms with Gasteiger partial charge in [-0.3, -0.25) is 0 Å². The number of hydrogen-bond acceptors (Lipinski definition) is 3. The molecule has 0 atom stereocenters. The van der Waals surface area contributed by atoms with Gasteiger partial charge in [0.15, 0.2) is 0 Å². The zero-order valence-electron chi connectivity index (χ0n) is 8.25. The minimum atomic E-state index is -0.470. The minimum absolute atomic E-state index is 0.470. The lowest BCUT2D eigenvalue weighted by atomic mass is 10.1. The maximum absolute atomic E-state index is 10.5. The molecule has 0 aliphatic rings. The van der Waals surface area contributed by atoms with Crippen LogP contribution in [0.25, 0.3) is 0 Å². The highest BCUT2D eigenvalue weighted by Crippen LogP contribution is 2.19. The Labute approximate surface area is 97.6 Å². The summed E-state index contributed by atoms with van der Waals surface area (Å²) in [6.07, 6.45) is 0. The van der Waals surface area contributed by atoms with E-state index in [1.807, 2.05) is 0 Å². The van der Waals surface area contributed by atoms with E-state index >= 15 is 0 Å². The summed E-state index contributed by atoms with van der Waals surface area (Å²) < 4.78 is 0. The molecule has 0 saturated carbocycles. The Morgan fingerprint density at radius 3 is 2.20 bits per heavy atom. The van der Waals surface area contributed by atoms with E-state index in [9.17, 15) is 4.79 Å². The average Bonchev–Trinajstić information content (AvgIpc) is 2.12. The molecule has 0 radical (unpaired) electrons. The van der Waals surface area contributed by atoms with Crippen LogP contribution >= 0.6 is 23.2 Å². The second-order valence-corrected chi connectivity index (χ2v) is 3.79. The summed E-state index contributed by atoms with van der Waals surface area (Å²) in [5, 5.41) is 4.64. The Bertz CT molecular complexity index is 396. The SMILES string of the molecule is CC(=O)ON=C(C)c1cc(Cl)cc(Cl)c1. The van der Waals surface area contributed by atoms with Crippen molar-refractivity contribution in [3.05, 3.63) is 33.8 Å². The molecule has 0 fully saturated rings. The fraction of sp³-hybridized carbons (Fsp3) is 0.200. The van der Waals surface area contributed by atoms with Gasteiger partial charge in [0.1, 0.15) is 0 Å². The number of oxime groups is 1. The Kier molecular flexibility index (Phi) is 4.12. The van der Waals surface area contributed by atoms with Crippen molar-refractivity contribution in [2.75, 3.05) is 0 Å². The predicted octanol–water partition coefficient (Wildman–Crippen LogP) is 3.28. The Balaban J connectivity index is 2.95. The zero-order valence-corrected chi connectivity index (χ0v) is 9.76. The molecule has 5 heteroatoms. The van der Waals surface area contributed by atoms with E-state index in [0.717, 1.165) is 0 Å². The van der Waals surface area contributed by atoms with Crippen molar-refractivity contribution in [3.8, 4) is 0 Å². The Morgan fingerprint density at radius 1 is 1.20 bits per heavy atom. The lowest BCUT2D eigenvalue weighted by Crippen LogP contribution is -1.99. The second kappa shape index (κ2) is 5.14. The van der Waals surface area contributed by atoms with Crippen molar-refractivity contribution in [1.82, 2.24) is 0 Å². The number of carbonyl (C=O) groups excluding carboxylic acids is 1. The molecule has 0 spiro atoms. The fourth-order valence-corrected chi connectivity index (χ4v) is 1.47. The molecule has 0 aliphatic heterocycles. The zero-order chi connectivity index (χ0) is 11.4. The molecular weight excluding hydrogens is 237 g/mol. The van der Waals surface area contributed by atoms with Gasteiger partial charge in [0.25, 0.3) is 0 Å². The number of halogens is 2. The van der Waals surface area contributed by atoms with Crippen LogP contribution in [-0.2, 0) is 9.63 Å². The van der Waals surface area contributed by atoms with Gasteiger partial charge in [0, 0.05) is 22.5 Å². The first-order valence-electron chi connectivity index (χ1n) is 4.17. The van der Waals surface area contributed by atoms with Gasteiger partial charge in [-0.2, -0.15) is 0 Å². The normalized spacial score (nSPS) is 11.3. The monoisotopic (exact) mass is 245 g/mol. The van der Waals surface area contributed by atoms with Crippen molar-refractivity contribution < 1.29 is 9.63 Å². The number of rotatable bonds is 2. The largest absolute Gasteiger partial charge is 0.331 e. The van der Waals surface area contributed by atoms with E-state index in [1.54, 1.807) is 25.1 Å².